The monoisotopic (exact) mass is 272 g/mol. The van der Waals surface area contributed by atoms with E-state index in [1.165, 1.54) is 0 Å². The van der Waals surface area contributed by atoms with Crippen LogP contribution in [0.2, 0.25) is 0 Å². The van der Waals surface area contributed by atoms with Gasteiger partial charge in [-0.3, -0.25) is 0 Å². The van der Waals surface area contributed by atoms with Gasteiger partial charge in [0.1, 0.15) is 18.1 Å². The quantitative estimate of drug-likeness (QED) is 0.507. The summed E-state index contributed by atoms with van der Waals surface area (Å²) in [4.78, 5) is 0. The first kappa shape index (κ1) is 15.1. The van der Waals surface area contributed by atoms with Gasteiger partial charge in [-0.2, -0.15) is 0 Å². The van der Waals surface area contributed by atoms with Crippen molar-refractivity contribution in [1.29, 1.82) is 0 Å². The minimum absolute atomic E-state index is 0.427. The molecule has 0 spiro atoms. The highest BCUT2D eigenvalue weighted by Gasteiger charge is 2.04. The topological polar surface area (TPSA) is 27.7 Å². The van der Waals surface area contributed by atoms with Gasteiger partial charge in [0, 0.05) is 18.2 Å². The fraction of sp³-hybridized carbons (Fsp3) is 0.571. The largest absolute Gasteiger partial charge is 0.497 e. The first-order valence-corrected chi connectivity index (χ1v) is 6.78. The van der Waals surface area contributed by atoms with Gasteiger partial charge in [0.15, 0.2) is 0 Å². The van der Waals surface area contributed by atoms with E-state index in [4.69, 9.17) is 25.8 Å². The van der Waals surface area contributed by atoms with Crippen LogP contribution in [0.3, 0.4) is 0 Å². The predicted molar refractivity (Wildman–Crippen MR) is 73.8 cm³/mol. The van der Waals surface area contributed by atoms with Crippen molar-refractivity contribution in [3.05, 3.63) is 23.8 Å². The molecule has 0 amide bonds. The Morgan fingerprint density at radius 2 is 2.00 bits per heavy atom. The average molecular weight is 273 g/mol. The molecule has 0 aliphatic carbocycles. The molecule has 0 atom stereocenters. The van der Waals surface area contributed by atoms with Crippen LogP contribution < -0.4 is 9.47 Å². The number of hydrogen-bond acceptors (Lipinski definition) is 3. The van der Waals surface area contributed by atoms with E-state index in [1.807, 2.05) is 18.2 Å². The molecule has 0 heterocycles. The second-order valence-electron chi connectivity index (χ2n) is 3.92. The second-order valence-corrected chi connectivity index (χ2v) is 4.19. The van der Waals surface area contributed by atoms with Crippen LogP contribution in [0.15, 0.2) is 18.2 Å². The zero-order chi connectivity index (χ0) is 13.2. The number of benzene rings is 1. The van der Waals surface area contributed by atoms with Crippen molar-refractivity contribution in [2.24, 2.45) is 0 Å². The third-order valence-electron chi connectivity index (χ3n) is 2.55. The van der Waals surface area contributed by atoms with Crippen LogP contribution in [0, 0.1) is 0 Å². The SMILES string of the molecule is CCCCOCCOc1cc(OC)ccc1CCl. The second kappa shape index (κ2) is 9.06. The smallest absolute Gasteiger partial charge is 0.127 e. The minimum Gasteiger partial charge on any atom is -0.497 e. The number of rotatable bonds is 9. The lowest BCUT2D eigenvalue weighted by atomic mass is 10.2. The fourth-order valence-corrected chi connectivity index (χ4v) is 1.69. The van der Waals surface area contributed by atoms with Gasteiger partial charge in [-0.05, 0) is 12.5 Å². The van der Waals surface area contributed by atoms with Gasteiger partial charge in [-0.1, -0.05) is 19.4 Å². The number of methoxy groups -OCH3 is 1. The van der Waals surface area contributed by atoms with E-state index in [-0.39, 0.29) is 0 Å². The van der Waals surface area contributed by atoms with Crippen molar-refractivity contribution in [3.8, 4) is 11.5 Å². The molecule has 1 aromatic carbocycles. The zero-order valence-corrected chi connectivity index (χ0v) is 11.8. The van der Waals surface area contributed by atoms with Crippen molar-refractivity contribution < 1.29 is 14.2 Å². The number of alkyl halides is 1. The van der Waals surface area contributed by atoms with Crippen LogP contribution in [0.25, 0.3) is 0 Å². The average Bonchev–Trinajstić information content (AvgIpc) is 2.42. The highest BCUT2D eigenvalue weighted by atomic mass is 35.5. The van der Waals surface area contributed by atoms with Crippen LogP contribution in [0.4, 0.5) is 0 Å². The molecule has 0 saturated heterocycles. The first-order valence-electron chi connectivity index (χ1n) is 6.25. The molecule has 1 aromatic rings. The van der Waals surface area contributed by atoms with Gasteiger partial charge in [0.25, 0.3) is 0 Å². The summed E-state index contributed by atoms with van der Waals surface area (Å²) in [7, 11) is 1.63. The third-order valence-corrected chi connectivity index (χ3v) is 2.83. The molecule has 4 heteroatoms. The summed E-state index contributed by atoms with van der Waals surface area (Å²) >= 11 is 5.86. The van der Waals surface area contributed by atoms with Crippen LogP contribution in [-0.2, 0) is 10.6 Å². The van der Waals surface area contributed by atoms with Gasteiger partial charge >= 0.3 is 0 Å². The molecule has 0 fully saturated rings. The lowest BCUT2D eigenvalue weighted by Gasteiger charge is -2.11. The maximum atomic E-state index is 5.86. The number of halogens is 1. The molecule has 0 aliphatic rings. The van der Waals surface area contributed by atoms with Crippen molar-refractivity contribution in [2.75, 3.05) is 26.9 Å². The van der Waals surface area contributed by atoms with Crippen molar-refractivity contribution in [3.63, 3.8) is 0 Å². The molecule has 18 heavy (non-hydrogen) atoms. The van der Waals surface area contributed by atoms with Gasteiger partial charge in [0.2, 0.25) is 0 Å². The summed E-state index contributed by atoms with van der Waals surface area (Å²) in [5, 5.41) is 0. The molecular weight excluding hydrogens is 252 g/mol. The summed E-state index contributed by atoms with van der Waals surface area (Å²) in [6.45, 7) is 4.06. The lowest BCUT2D eigenvalue weighted by molar-refractivity contribution is 0.0977. The Morgan fingerprint density at radius 3 is 2.67 bits per heavy atom. The number of hydrogen-bond donors (Lipinski definition) is 0. The first-order chi connectivity index (χ1) is 8.81. The third kappa shape index (κ3) is 5.15. The molecule has 102 valence electrons. The Labute approximate surface area is 114 Å². The summed E-state index contributed by atoms with van der Waals surface area (Å²) in [6.07, 6.45) is 2.24. The molecule has 1 rings (SSSR count). The Kier molecular flexibility index (Phi) is 7.62. The maximum absolute atomic E-state index is 5.86. The Morgan fingerprint density at radius 1 is 1.17 bits per heavy atom. The van der Waals surface area contributed by atoms with Gasteiger partial charge < -0.3 is 14.2 Å². The fourth-order valence-electron chi connectivity index (χ4n) is 1.47. The van der Waals surface area contributed by atoms with E-state index in [9.17, 15) is 0 Å². The molecule has 0 saturated carbocycles. The van der Waals surface area contributed by atoms with Crippen LogP contribution in [0.1, 0.15) is 25.3 Å². The van der Waals surface area contributed by atoms with E-state index < -0.39 is 0 Å². The van der Waals surface area contributed by atoms with E-state index in [0.29, 0.717) is 19.1 Å². The Bertz CT molecular complexity index is 342. The molecule has 0 radical (unpaired) electrons. The van der Waals surface area contributed by atoms with E-state index >= 15 is 0 Å². The van der Waals surface area contributed by atoms with Gasteiger partial charge in [0.05, 0.1) is 19.6 Å². The van der Waals surface area contributed by atoms with Gasteiger partial charge in [-0.15, -0.1) is 11.6 Å². The van der Waals surface area contributed by atoms with Crippen LogP contribution >= 0.6 is 11.6 Å². The summed E-state index contributed by atoms with van der Waals surface area (Å²) < 4.78 is 16.3. The number of unbranched alkanes of at least 4 members (excludes halogenated alkanes) is 1. The van der Waals surface area contributed by atoms with Gasteiger partial charge in [-0.25, -0.2) is 0 Å². The van der Waals surface area contributed by atoms with E-state index in [1.54, 1.807) is 7.11 Å². The molecule has 0 N–H and O–H groups in total. The molecule has 0 aromatic heterocycles. The zero-order valence-electron chi connectivity index (χ0n) is 11.1. The lowest BCUT2D eigenvalue weighted by Crippen LogP contribution is -2.08. The summed E-state index contributed by atoms with van der Waals surface area (Å²) in [5.74, 6) is 1.96. The number of ether oxygens (including phenoxy) is 3. The highest BCUT2D eigenvalue weighted by molar-refractivity contribution is 6.17. The maximum Gasteiger partial charge on any atom is 0.127 e. The Balaban J connectivity index is 2.39. The van der Waals surface area contributed by atoms with Crippen LogP contribution in [0.5, 0.6) is 11.5 Å². The highest BCUT2D eigenvalue weighted by Crippen LogP contribution is 2.26. The molecule has 0 bridgehead atoms. The molecule has 3 nitrogen and oxygen atoms in total. The summed E-state index contributed by atoms with van der Waals surface area (Å²) in [6, 6.07) is 5.64. The van der Waals surface area contributed by atoms with Crippen molar-refractivity contribution in [1.82, 2.24) is 0 Å². The van der Waals surface area contributed by atoms with E-state index in [2.05, 4.69) is 6.92 Å². The van der Waals surface area contributed by atoms with Crippen molar-refractivity contribution >= 4 is 11.6 Å². The molecule has 0 unspecified atom stereocenters. The molecule has 0 aliphatic heterocycles. The van der Waals surface area contributed by atoms with E-state index in [0.717, 1.165) is 36.5 Å². The Hall–Kier alpha value is -0.930. The summed E-state index contributed by atoms with van der Waals surface area (Å²) in [5.41, 5.74) is 0.964. The standard InChI is InChI=1S/C14H21ClO3/c1-3-4-7-17-8-9-18-14-10-13(16-2)6-5-12(14)11-15/h5-6,10H,3-4,7-9,11H2,1-2H3. The minimum atomic E-state index is 0.427. The molecular formula is C14H21ClO3. The van der Waals surface area contributed by atoms with Crippen molar-refractivity contribution in [2.45, 2.75) is 25.6 Å². The van der Waals surface area contributed by atoms with Crippen LogP contribution in [-0.4, -0.2) is 26.9 Å². The predicted octanol–water partition coefficient (Wildman–Crippen LogP) is 3.63. The normalized spacial score (nSPS) is 10.4.